The van der Waals surface area contributed by atoms with Crippen molar-refractivity contribution in [2.75, 3.05) is 13.6 Å². The molecule has 0 amide bonds. The summed E-state index contributed by atoms with van der Waals surface area (Å²) >= 11 is 0. The molecule has 0 aromatic carbocycles. The number of furan rings is 1. The third kappa shape index (κ3) is 3.09. The number of hydrogen-bond acceptors (Lipinski definition) is 3. The summed E-state index contributed by atoms with van der Waals surface area (Å²) < 4.78 is 4.96. The van der Waals surface area contributed by atoms with Crippen molar-refractivity contribution in [2.45, 2.75) is 32.2 Å². The lowest BCUT2D eigenvalue weighted by molar-refractivity contribution is 0.0659. The Kier molecular flexibility index (Phi) is 3.84. The second kappa shape index (κ2) is 5.36. The molecular weight excluding hydrogens is 218 g/mol. The van der Waals surface area contributed by atoms with E-state index in [1.807, 2.05) is 7.05 Å². The molecule has 0 saturated heterocycles. The molecular formula is C13H19NO3. The fourth-order valence-electron chi connectivity index (χ4n) is 2.20. The van der Waals surface area contributed by atoms with Gasteiger partial charge in [0.15, 0.2) is 0 Å². The quantitative estimate of drug-likeness (QED) is 0.826. The Labute approximate surface area is 101 Å². The Balaban J connectivity index is 1.82. The SMILES string of the molecule is CN(CCC1CCC1)Cc1ccoc1C(=O)O. The summed E-state index contributed by atoms with van der Waals surface area (Å²) in [5.74, 6) is -0.0290. The van der Waals surface area contributed by atoms with Gasteiger partial charge in [-0.05, 0) is 32.0 Å². The number of carboxylic acid groups (broad SMARTS) is 1. The van der Waals surface area contributed by atoms with Gasteiger partial charge in [0.1, 0.15) is 0 Å². The van der Waals surface area contributed by atoms with Crippen LogP contribution in [-0.4, -0.2) is 29.6 Å². The molecule has 0 aliphatic heterocycles. The van der Waals surface area contributed by atoms with Gasteiger partial charge in [0.05, 0.1) is 6.26 Å². The number of aromatic carboxylic acids is 1. The number of nitrogens with zero attached hydrogens (tertiary/aromatic N) is 1. The van der Waals surface area contributed by atoms with Crippen LogP contribution in [-0.2, 0) is 6.54 Å². The standard InChI is InChI=1S/C13H19NO3/c1-14(7-5-10-3-2-4-10)9-11-6-8-17-12(11)13(15)16/h6,8,10H,2-5,7,9H2,1H3,(H,15,16). The van der Waals surface area contributed by atoms with Crippen LogP contribution in [0.25, 0.3) is 0 Å². The van der Waals surface area contributed by atoms with Gasteiger partial charge in [-0.1, -0.05) is 19.3 Å². The van der Waals surface area contributed by atoms with Gasteiger partial charge in [-0.25, -0.2) is 4.79 Å². The lowest BCUT2D eigenvalue weighted by Gasteiger charge is -2.27. The highest BCUT2D eigenvalue weighted by Crippen LogP contribution is 2.29. The maximum absolute atomic E-state index is 10.9. The highest BCUT2D eigenvalue weighted by atomic mass is 16.4. The Morgan fingerprint density at radius 3 is 2.94 bits per heavy atom. The van der Waals surface area contributed by atoms with Crippen LogP contribution >= 0.6 is 0 Å². The van der Waals surface area contributed by atoms with Crippen LogP contribution < -0.4 is 0 Å². The van der Waals surface area contributed by atoms with E-state index in [1.165, 1.54) is 31.9 Å². The van der Waals surface area contributed by atoms with E-state index in [9.17, 15) is 4.79 Å². The zero-order valence-corrected chi connectivity index (χ0v) is 10.2. The van der Waals surface area contributed by atoms with Crippen LogP contribution in [0.15, 0.2) is 16.7 Å². The maximum Gasteiger partial charge on any atom is 0.372 e. The molecule has 1 aromatic rings. The largest absolute Gasteiger partial charge is 0.475 e. The highest BCUT2D eigenvalue weighted by Gasteiger charge is 2.19. The zero-order chi connectivity index (χ0) is 12.3. The minimum absolute atomic E-state index is 0.0699. The fourth-order valence-corrected chi connectivity index (χ4v) is 2.20. The van der Waals surface area contributed by atoms with Crippen molar-refractivity contribution in [3.05, 3.63) is 23.7 Å². The molecule has 2 rings (SSSR count). The predicted octanol–water partition coefficient (Wildman–Crippen LogP) is 2.60. The predicted molar refractivity (Wildman–Crippen MR) is 64.0 cm³/mol. The fraction of sp³-hybridized carbons (Fsp3) is 0.615. The maximum atomic E-state index is 10.9. The van der Waals surface area contributed by atoms with Crippen LogP contribution in [0.5, 0.6) is 0 Å². The molecule has 1 heterocycles. The molecule has 0 bridgehead atoms. The van der Waals surface area contributed by atoms with E-state index in [-0.39, 0.29) is 5.76 Å². The van der Waals surface area contributed by atoms with Crippen molar-refractivity contribution in [3.8, 4) is 0 Å². The first kappa shape index (κ1) is 12.2. The van der Waals surface area contributed by atoms with Crippen LogP contribution in [0.3, 0.4) is 0 Å². The van der Waals surface area contributed by atoms with Gasteiger partial charge < -0.3 is 14.4 Å². The molecule has 1 aliphatic rings. The van der Waals surface area contributed by atoms with E-state index in [1.54, 1.807) is 6.07 Å². The summed E-state index contributed by atoms with van der Waals surface area (Å²) in [4.78, 5) is 13.0. The summed E-state index contributed by atoms with van der Waals surface area (Å²) in [6.07, 6.45) is 6.76. The van der Waals surface area contributed by atoms with E-state index in [0.29, 0.717) is 6.54 Å². The number of rotatable bonds is 6. The molecule has 0 unspecified atom stereocenters. The number of hydrogen-bond donors (Lipinski definition) is 1. The van der Waals surface area contributed by atoms with Crippen molar-refractivity contribution >= 4 is 5.97 Å². The lowest BCUT2D eigenvalue weighted by Crippen LogP contribution is -2.24. The molecule has 0 spiro atoms. The van der Waals surface area contributed by atoms with Crippen molar-refractivity contribution in [2.24, 2.45) is 5.92 Å². The van der Waals surface area contributed by atoms with Gasteiger partial charge in [-0.15, -0.1) is 0 Å². The van der Waals surface area contributed by atoms with E-state index < -0.39 is 5.97 Å². The van der Waals surface area contributed by atoms with Gasteiger partial charge in [-0.2, -0.15) is 0 Å². The van der Waals surface area contributed by atoms with Gasteiger partial charge in [0, 0.05) is 12.1 Å². The summed E-state index contributed by atoms with van der Waals surface area (Å²) in [6, 6.07) is 1.74. The first-order chi connectivity index (χ1) is 8.16. The van der Waals surface area contributed by atoms with Crippen molar-refractivity contribution < 1.29 is 14.3 Å². The summed E-state index contributed by atoms with van der Waals surface area (Å²) in [6.45, 7) is 1.67. The van der Waals surface area contributed by atoms with Crippen LogP contribution in [0.1, 0.15) is 41.8 Å². The van der Waals surface area contributed by atoms with E-state index in [0.717, 1.165) is 18.0 Å². The van der Waals surface area contributed by atoms with Crippen molar-refractivity contribution in [3.63, 3.8) is 0 Å². The zero-order valence-electron chi connectivity index (χ0n) is 10.2. The number of carbonyl (C=O) groups is 1. The summed E-state index contributed by atoms with van der Waals surface area (Å²) in [5.41, 5.74) is 0.758. The normalized spacial score (nSPS) is 16.1. The Morgan fingerprint density at radius 2 is 2.35 bits per heavy atom. The Bertz CT molecular complexity index is 382. The third-order valence-electron chi connectivity index (χ3n) is 3.53. The Hall–Kier alpha value is -1.29. The van der Waals surface area contributed by atoms with E-state index in [2.05, 4.69) is 4.90 Å². The molecule has 4 nitrogen and oxygen atoms in total. The third-order valence-corrected chi connectivity index (χ3v) is 3.53. The summed E-state index contributed by atoms with van der Waals surface area (Å²) in [7, 11) is 2.03. The monoisotopic (exact) mass is 237 g/mol. The van der Waals surface area contributed by atoms with Gasteiger partial charge in [0.25, 0.3) is 0 Å². The molecule has 1 aliphatic carbocycles. The van der Waals surface area contributed by atoms with Crippen molar-refractivity contribution in [1.29, 1.82) is 0 Å². The topological polar surface area (TPSA) is 53.7 Å². The first-order valence-electron chi connectivity index (χ1n) is 6.15. The molecule has 0 radical (unpaired) electrons. The lowest BCUT2D eigenvalue weighted by atomic mass is 9.83. The first-order valence-corrected chi connectivity index (χ1v) is 6.15. The molecule has 0 atom stereocenters. The molecule has 17 heavy (non-hydrogen) atoms. The highest BCUT2D eigenvalue weighted by molar-refractivity contribution is 5.86. The molecule has 1 aromatic heterocycles. The van der Waals surface area contributed by atoms with Gasteiger partial charge in [0.2, 0.25) is 5.76 Å². The molecule has 1 N–H and O–H groups in total. The Morgan fingerprint density at radius 1 is 1.59 bits per heavy atom. The molecule has 4 heteroatoms. The van der Waals surface area contributed by atoms with Crippen LogP contribution in [0.2, 0.25) is 0 Å². The average Bonchev–Trinajstić information content (AvgIpc) is 2.63. The minimum atomic E-state index is -0.989. The summed E-state index contributed by atoms with van der Waals surface area (Å²) in [5, 5.41) is 8.92. The van der Waals surface area contributed by atoms with Crippen molar-refractivity contribution in [1.82, 2.24) is 4.90 Å². The van der Waals surface area contributed by atoms with Gasteiger partial charge in [-0.3, -0.25) is 0 Å². The van der Waals surface area contributed by atoms with Crippen LogP contribution in [0, 0.1) is 5.92 Å². The van der Waals surface area contributed by atoms with Crippen LogP contribution in [0.4, 0.5) is 0 Å². The average molecular weight is 237 g/mol. The van der Waals surface area contributed by atoms with Gasteiger partial charge >= 0.3 is 5.97 Å². The van der Waals surface area contributed by atoms with E-state index >= 15 is 0 Å². The second-order valence-corrected chi connectivity index (χ2v) is 4.90. The second-order valence-electron chi connectivity index (χ2n) is 4.90. The smallest absolute Gasteiger partial charge is 0.372 e. The molecule has 1 saturated carbocycles. The minimum Gasteiger partial charge on any atom is -0.475 e. The molecule has 94 valence electrons. The van der Waals surface area contributed by atoms with E-state index in [4.69, 9.17) is 9.52 Å². The number of carboxylic acids is 1. The molecule has 1 fully saturated rings.